The Balaban J connectivity index is 2.23. The minimum absolute atomic E-state index is 0.825. The molecule has 1 aliphatic heterocycles. The molecule has 1 heterocycles. The van der Waals surface area contributed by atoms with E-state index in [0.29, 0.717) is 0 Å². The van der Waals surface area contributed by atoms with Crippen LogP contribution in [0.2, 0.25) is 12.6 Å². The molecule has 52 valence electrons. The Kier molecular flexibility index (Phi) is 3.33. The molecule has 1 nitrogen and oxygen atoms in total. The van der Waals surface area contributed by atoms with Gasteiger partial charge in [0, 0.05) is 13.2 Å². The molecule has 0 spiro atoms. The van der Waals surface area contributed by atoms with Crippen molar-refractivity contribution in [3.05, 3.63) is 0 Å². The number of hydrogen-bond donors (Lipinski definition) is 0. The van der Waals surface area contributed by atoms with Gasteiger partial charge in [-0.3, -0.25) is 0 Å². The van der Waals surface area contributed by atoms with Crippen LogP contribution in [0.15, 0.2) is 0 Å². The lowest BCUT2D eigenvalue weighted by Gasteiger charge is -2.22. The van der Waals surface area contributed by atoms with E-state index in [1.807, 2.05) is 0 Å². The molecule has 0 N–H and O–H groups in total. The van der Waals surface area contributed by atoms with Crippen molar-refractivity contribution >= 4 is 26.9 Å². The van der Waals surface area contributed by atoms with E-state index >= 15 is 0 Å². The first kappa shape index (κ1) is 7.86. The highest BCUT2D eigenvalue weighted by molar-refractivity contribution is 14.1. The highest BCUT2D eigenvalue weighted by atomic mass is 127. The zero-order valence-electron chi connectivity index (χ0n) is 5.77. The largest absolute Gasteiger partial charge is 0.381 e. The third-order valence-corrected chi connectivity index (χ3v) is 2.93. The van der Waals surface area contributed by atoms with Crippen LogP contribution >= 0.6 is 22.4 Å². The maximum atomic E-state index is 5.25. The first-order chi connectivity index (χ1) is 4.30. The van der Waals surface area contributed by atoms with E-state index in [1.165, 1.54) is 12.8 Å². The van der Waals surface area contributed by atoms with E-state index in [2.05, 4.69) is 29.2 Å². The van der Waals surface area contributed by atoms with Gasteiger partial charge < -0.3 is 4.74 Å². The summed E-state index contributed by atoms with van der Waals surface area (Å²) in [6.07, 6.45) is 2.54. The van der Waals surface area contributed by atoms with Gasteiger partial charge in [-0.1, -0.05) is 6.82 Å². The van der Waals surface area contributed by atoms with Gasteiger partial charge in [-0.15, -0.1) is 22.4 Å². The van der Waals surface area contributed by atoms with Crippen LogP contribution in [0.1, 0.15) is 12.8 Å². The van der Waals surface area contributed by atoms with Crippen LogP contribution in [-0.4, -0.2) is 17.8 Å². The van der Waals surface area contributed by atoms with E-state index in [9.17, 15) is 0 Å². The predicted molar refractivity (Wildman–Crippen MR) is 49.4 cm³/mol. The van der Waals surface area contributed by atoms with E-state index in [4.69, 9.17) is 4.74 Å². The molecule has 3 heteroatoms. The minimum atomic E-state index is 0.825. The van der Waals surface area contributed by atoms with E-state index in [-0.39, 0.29) is 0 Å². The van der Waals surface area contributed by atoms with Gasteiger partial charge in [0.05, 0.1) is 0 Å². The number of hydrogen-bond acceptors (Lipinski definition) is 1. The molecule has 0 atom stereocenters. The van der Waals surface area contributed by atoms with Crippen molar-refractivity contribution in [2.24, 2.45) is 0 Å². The molecule has 0 aliphatic carbocycles. The average Bonchev–Trinajstić information content (AvgIpc) is 1.90. The lowest BCUT2D eigenvalue weighted by atomic mass is 9.63. The monoisotopic (exact) mass is 238 g/mol. The average molecular weight is 238 g/mol. The smallest absolute Gasteiger partial charge is 0.218 e. The van der Waals surface area contributed by atoms with E-state index in [1.54, 1.807) is 0 Å². The molecule has 1 fully saturated rings. The second-order valence-corrected chi connectivity index (χ2v) is 4.59. The Hall–Kier alpha value is 0.755. The molecule has 1 saturated heterocycles. The van der Waals surface area contributed by atoms with Crippen LogP contribution in [0.4, 0.5) is 0 Å². The Labute approximate surface area is 70.5 Å². The fourth-order valence-electron chi connectivity index (χ4n) is 1.18. The van der Waals surface area contributed by atoms with Gasteiger partial charge >= 0.3 is 0 Å². The summed E-state index contributed by atoms with van der Waals surface area (Å²) in [5.41, 5.74) is 0. The molecule has 0 aromatic rings. The van der Waals surface area contributed by atoms with Gasteiger partial charge in [-0.05, 0) is 18.7 Å². The summed E-state index contributed by atoms with van der Waals surface area (Å²) in [6, 6.07) is 0. The standard InChI is InChI=1S/C6H12BIO/c1-7(8)6-2-4-9-5-3-6/h6H,2-5H2,1H3. The van der Waals surface area contributed by atoms with Crippen LogP contribution in [0, 0.1) is 0 Å². The molecule has 1 aliphatic rings. The van der Waals surface area contributed by atoms with Crippen LogP contribution in [0.5, 0.6) is 0 Å². The van der Waals surface area contributed by atoms with Crippen LogP contribution < -0.4 is 0 Å². The molecule has 0 unspecified atom stereocenters. The Morgan fingerprint density at radius 3 is 2.33 bits per heavy atom. The molecule has 0 bridgehead atoms. The molecular weight excluding hydrogens is 226 g/mol. The lowest BCUT2D eigenvalue weighted by Crippen LogP contribution is -2.19. The predicted octanol–water partition coefficient (Wildman–Crippen LogP) is 2.22. The molecular formula is C6H12BIO. The fourth-order valence-corrected chi connectivity index (χ4v) is 1.89. The first-order valence-corrected chi connectivity index (χ1v) is 4.77. The summed E-state index contributed by atoms with van der Waals surface area (Å²) in [5, 5.41) is 0. The molecule has 0 aromatic carbocycles. The van der Waals surface area contributed by atoms with Crippen molar-refractivity contribution in [2.75, 3.05) is 13.2 Å². The highest BCUT2D eigenvalue weighted by Gasteiger charge is 2.20. The molecule has 1 rings (SSSR count). The SMILES string of the molecule is CB(I)C1CCOCC1. The van der Waals surface area contributed by atoms with Gasteiger partial charge in [0.2, 0.25) is 4.57 Å². The summed E-state index contributed by atoms with van der Waals surface area (Å²) in [5.74, 6) is 0.916. The Morgan fingerprint density at radius 1 is 1.44 bits per heavy atom. The van der Waals surface area contributed by atoms with Crippen molar-refractivity contribution in [2.45, 2.75) is 25.5 Å². The van der Waals surface area contributed by atoms with E-state index < -0.39 is 0 Å². The molecule has 0 radical (unpaired) electrons. The van der Waals surface area contributed by atoms with Gasteiger partial charge in [-0.2, -0.15) is 0 Å². The second-order valence-electron chi connectivity index (χ2n) is 2.63. The van der Waals surface area contributed by atoms with Gasteiger partial charge in [-0.25, -0.2) is 0 Å². The summed E-state index contributed by atoms with van der Waals surface area (Å²) >= 11 is 2.51. The Bertz CT molecular complexity index is 81.1. The maximum Gasteiger partial charge on any atom is 0.218 e. The first-order valence-electron chi connectivity index (χ1n) is 3.52. The van der Waals surface area contributed by atoms with Crippen LogP contribution in [0.3, 0.4) is 0 Å². The van der Waals surface area contributed by atoms with Crippen molar-refractivity contribution in [3.8, 4) is 0 Å². The zero-order valence-corrected chi connectivity index (χ0v) is 7.93. The van der Waals surface area contributed by atoms with Crippen molar-refractivity contribution in [1.82, 2.24) is 0 Å². The molecule has 9 heavy (non-hydrogen) atoms. The second kappa shape index (κ2) is 3.81. The van der Waals surface area contributed by atoms with Gasteiger partial charge in [0.15, 0.2) is 0 Å². The minimum Gasteiger partial charge on any atom is -0.381 e. The van der Waals surface area contributed by atoms with Gasteiger partial charge in [0.1, 0.15) is 0 Å². The third kappa shape index (κ3) is 2.46. The Morgan fingerprint density at radius 2 is 2.00 bits per heavy atom. The normalized spacial score (nSPS) is 22.0. The van der Waals surface area contributed by atoms with Crippen molar-refractivity contribution < 1.29 is 4.74 Å². The molecule has 0 amide bonds. The highest BCUT2D eigenvalue weighted by Crippen LogP contribution is 2.26. The molecule has 0 saturated carbocycles. The number of halogens is 1. The fraction of sp³-hybridized carbons (Fsp3) is 1.00. The summed E-state index contributed by atoms with van der Waals surface area (Å²) in [7, 11) is 0. The zero-order chi connectivity index (χ0) is 6.69. The molecule has 0 aromatic heterocycles. The number of rotatable bonds is 1. The van der Waals surface area contributed by atoms with Crippen LogP contribution in [0.25, 0.3) is 0 Å². The maximum absolute atomic E-state index is 5.25. The topological polar surface area (TPSA) is 9.23 Å². The van der Waals surface area contributed by atoms with Gasteiger partial charge in [0.25, 0.3) is 0 Å². The van der Waals surface area contributed by atoms with Crippen LogP contribution in [-0.2, 0) is 4.74 Å². The summed E-state index contributed by atoms with van der Waals surface area (Å²) in [6.45, 7) is 4.26. The third-order valence-electron chi connectivity index (χ3n) is 1.92. The van der Waals surface area contributed by atoms with Crippen molar-refractivity contribution in [3.63, 3.8) is 0 Å². The quantitative estimate of drug-likeness (QED) is 0.502. The van der Waals surface area contributed by atoms with Crippen molar-refractivity contribution in [1.29, 1.82) is 0 Å². The van der Waals surface area contributed by atoms with E-state index in [0.717, 1.165) is 23.6 Å². The number of ether oxygens (including phenoxy) is 1. The lowest BCUT2D eigenvalue weighted by molar-refractivity contribution is 0.0968. The summed E-state index contributed by atoms with van der Waals surface area (Å²) in [4.78, 5) is 0. The summed E-state index contributed by atoms with van der Waals surface area (Å²) < 4.78 is 6.07.